The van der Waals surface area contributed by atoms with Gasteiger partial charge in [0.15, 0.2) is 11.6 Å². The number of ether oxygens (including phenoxy) is 3. The minimum atomic E-state index is -1.30. The molecule has 4 N–H and O–H groups in total. The summed E-state index contributed by atoms with van der Waals surface area (Å²) in [5.74, 6) is -2.99. The Morgan fingerprint density at radius 1 is 0.671 bits per heavy atom. The molecule has 22 heteroatoms. The van der Waals surface area contributed by atoms with Gasteiger partial charge in [-0.1, -0.05) is 0 Å². The van der Waals surface area contributed by atoms with E-state index in [9.17, 15) is 24.3 Å². The van der Waals surface area contributed by atoms with Gasteiger partial charge in [0.2, 0.25) is 11.8 Å². The Balaban J connectivity index is 1.07. The number of likely N-dealkylation sites (tertiary alicyclic amines) is 2. The van der Waals surface area contributed by atoms with E-state index in [1.807, 2.05) is 0 Å². The standard InChI is InChI=1S/C51H62F4N10O8/c1-26(71-4)43(60-50(68)73-6)48(66)63-18-10-12-41(63)46-56-35-22-29(31(52)24-37(35)58-46)39-14-15-40(65(39)28-20-33(54)45(34(55)21-28)62-16-8-7-9-17-62)30-23-36-38(25-32(30)53)59-47(57-36)42-13-11-19-64(42)49(67)44(27(2)72-5)61(3)51(69)70/h20-27,39-44H,7-19H2,1-6H3,(H,56,58)(H,57,59)(H,60,68)(H,69,70)/t26-,27-,39-,40-,41+,42+,43+,44+/m1/s1. The topological polar surface area (TPSA) is 202 Å². The Morgan fingerprint density at radius 2 is 1.18 bits per heavy atom. The molecule has 4 amide bonds. The molecule has 8 atom stereocenters. The Kier molecular flexibility index (Phi) is 14.8. The van der Waals surface area contributed by atoms with Gasteiger partial charge in [0.25, 0.3) is 0 Å². The van der Waals surface area contributed by atoms with Crippen LogP contribution in [0.15, 0.2) is 36.4 Å². The van der Waals surface area contributed by atoms with Gasteiger partial charge in [-0.3, -0.25) is 14.5 Å². The maximum atomic E-state index is 16.8. The summed E-state index contributed by atoms with van der Waals surface area (Å²) in [6.07, 6.45) is 1.71. The fourth-order valence-electron chi connectivity index (χ4n) is 11.5. The Labute approximate surface area is 419 Å². The van der Waals surface area contributed by atoms with Crippen molar-refractivity contribution in [2.24, 2.45) is 0 Å². The maximum Gasteiger partial charge on any atom is 0.407 e. The molecular weight excluding hydrogens is 957 g/mol. The zero-order valence-electron chi connectivity index (χ0n) is 41.7. The summed E-state index contributed by atoms with van der Waals surface area (Å²) in [6.45, 7) is 4.93. The summed E-state index contributed by atoms with van der Waals surface area (Å²) < 4.78 is 82.2. The lowest BCUT2D eigenvalue weighted by Gasteiger charge is -2.35. The van der Waals surface area contributed by atoms with Gasteiger partial charge in [-0.05, 0) is 95.9 Å². The van der Waals surface area contributed by atoms with E-state index in [1.165, 1.54) is 52.6 Å². The van der Waals surface area contributed by atoms with E-state index < -0.39 is 95.7 Å². The minimum Gasteiger partial charge on any atom is -0.465 e. The van der Waals surface area contributed by atoms with E-state index >= 15 is 17.6 Å². The molecule has 4 saturated heterocycles. The van der Waals surface area contributed by atoms with Crippen LogP contribution in [0.5, 0.6) is 0 Å². The fourth-order valence-corrected chi connectivity index (χ4v) is 11.5. The fraction of sp³-hybridized carbons (Fsp3) is 0.529. The summed E-state index contributed by atoms with van der Waals surface area (Å²) in [4.78, 5) is 75.8. The van der Waals surface area contributed by atoms with Gasteiger partial charge in [0.05, 0.1) is 65.6 Å². The van der Waals surface area contributed by atoms with Crippen LogP contribution in [0.4, 0.5) is 38.5 Å². The molecular formula is C51H62F4N10O8. The number of amides is 4. The molecule has 3 aromatic carbocycles. The molecule has 0 radical (unpaired) electrons. The number of aromatic amines is 2. The first kappa shape index (κ1) is 51.2. The van der Waals surface area contributed by atoms with E-state index in [0.29, 0.717) is 74.5 Å². The van der Waals surface area contributed by atoms with E-state index in [1.54, 1.807) is 45.6 Å². The summed E-state index contributed by atoms with van der Waals surface area (Å²) in [5, 5.41) is 12.4. The van der Waals surface area contributed by atoms with Gasteiger partial charge in [0, 0.05) is 76.4 Å². The largest absolute Gasteiger partial charge is 0.465 e. The van der Waals surface area contributed by atoms with Crippen LogP contribution in [-0.2, 0) is 23.8 Å². The van der Waals surface area contributed by atoms with Gasteiger partial charge < -0.3 is 54.2 Å². The Bertz CT molecular complexity index is 2870. The number of carboxylic acid groups (broad SMARTS) is 1. The number of halogens is 4. The quantitative estimate of drug-likeness (QED) is 0.0779. The Hall–Kier alpha value is -6.68. The lowest BCUT2D eigenvalue weighted by atomic mass is 10.0. The van der Waals surface area contributed by atoms with Crippen LogP contribution < -0.4 is 15.1 Å². The zero-order chi connectivity index (χ0) is 52.0. The predicted octanol–water partition coefficient (Wildman–Crippen LogP) is 8.17. The maximum absolute atomic E-state index is 16.8. The van der Waals surface area contributed by atoms with Gasteiger partial charge in [-0.25, -0.2) is 37.1 Å². The van der Waals surface area contributed by atoms with E-state index in [2.05, 4.69) is 15.3 Å². The predicted molar refractivity (Wildman–Crippen MR) is 261 cm³/mol. The minimum absolute atomic E-state index is 0.0876. The molecule has 73 heavy (non-hydrogen) atoms. The van der Waals surface area contributed by atoms with Crippen molar-refractivity contribution >= 4 is 57.4 Å². The van der Waals surface area contributed by atoms with Crippen LogP contribution in [0.25, 0.3) is 22.1 Å². The SMILES string of the molecule is COC(=O)N[C@H](C(=O)N1CCC[C@H]1c1nc2cc(F)c([C@H]3CC[C@H](c4cc5[nH]c([C@@H]6CCCN6C(=O)[C@H]([C@@H](C)OC)N(C)C(=O)O)nc5cc4F)N3c3cc(F)c(N4CCCCC4)c(F)c3)cc2[nH]1)[C@@H](C)OC. The van der Waals surface area contributed by atoms with Crippen LogP contribution in [0.2, 0.25) is 0 Å². The van der Waals surface area contributed by atoms with E-state index in [-0.39, 0.29) is 46.4 Å². The van der Waals surface area contributed by atoms with Gasteiger partial charge >= 0.3 is 12.2 Å². The first-order chi connectivity index (χ1) is 35.0. The number of likely N-dealkylation sites (N-methyl/N-ethyl adjacent to an activating group) is 1. The van der Waals surface area contributed by atoms with Crippen molar-refractivity contribution in [3.63, 3.8) is 0 Å². The second-order valence-electron chi connectivity index (χ2n) is 19.6. The molecule has 2 aromatic heterocycles. The van der Waals surface area contributed by atoms with Crippen molar-refractivity contribution < 1.29 is 56.1 Å². The number of carbonyl (C=O) groups is 4. The van der Waals surface area contributed by atoms with E-state index in [0.717, 1.165) is 24.2 Å². The smallest absolute Gasteiger partial charge is 0.407 e. The summed E-state index contributed by atoms with van der Waals surface area (Å²) in [5.41, 5.74) is 1.70. The van der Waals surface area contributed by atoms with Crippen LogP contribution >= 0.6 is 0 Å². The highest BCUT2D eigenvalue weighted by molar-refractivity contribution is 5.88. The highest BCUT2D eigenvalue weighted by Gasteiger charge is 2.44. The molecule has 4 aliphatic heterocycles. The van der Waals surface area contributed by atoms with Crippen molar-refractivity contribution in [2.45, 2.75) is 120 Å². The van der Waals surface area contributed by atoms with Crippen molar-refractivity contribution in [1.29, 1.82) is 0 Å². The highest BCUT2D eigenvalue weighted by atomic mass is 19.1. The number of H-pyrrole nitrogens is 2. The first-order valence-electron chi connectivity index (χ1n) is 24.9. The average molecular weight is 1020 g/mol. The number of methoxy groups -OCH3 is 3. The molecule has 6 heterocycles. The number of aromatic nitrogens is 4. The number of hydrogen-bond acceptors (Lipinski definition) is 11. The molecule has 0 spiro atoms. The summed E-state index contributed by atoms with van der Waals surface area (Å²) in [6, 6.07) is 3.15. The normalized spacial score (nSPS) is 22.0. The number of nitrogens with one attached hydrogen (secondary N) is 3. The van der Waals surface area contributed by atoms with Crippen molar-refractivity contribution in [2.75, 3.05) is 64.4 Å². The molecule has 5 aromatic rings. The molecule has 0 unspecified atom stereocenters. The number of hydrogen-bond donors (Lipinski definition) is 4. The van der Waals surface area contributed by atoms with Crippen LogP contribution in [0.1, 0.15) is 119 Å². The molecule has 0 saturated carbocycles. The van der Waals surface area contributed by atoms with Crippen molar-refractivity contribution in [3.05, 3.63) is 82.4 Å². The van der Waals surface area contributed by atoms with Gasteiger partial charge in [-0.15, -0.1) is 0 Å². The molecule has 9 rings (SSSR count). The summed E-state index contributed by atoms with van der Waals surface area (Å²) in [7, 11) is 5.33. The van der Waals surface area contributed by atoms with Gasteiger partial charge in [-0.2, -0.15) is 0 Å². The highest BCUT2D eigenvalue weighted by Crippen LogP contribution is 2.50. The second kappa shape index (κ2) is 21.0. The van der Waals surface area contributed by atoms with Crippen molar-refractivity contribution in [3.8, 4) is 0 Å². The third-order valence-corrected chi connectivity index (χ3v) is 15.4. The molecule has 4 fully saturated rings. The van der Waals surface area contributed by atoms with Crippen LogP contribution in [-0.4, -0.2) is 143 Å². The molecule has 18 nitrogen and oxygen atoms in total. The zero-order valence-corrected chi connectivity index (χ0v) is 41.7. The van der Waals surface area contributed by atoms with Crippen LogP contribution in [0.3, 0.4) is 0 Å². The third-order valence-electron chi connectivity index (χ3n) is 15.4. The number of anilines is 2. The van der Waals surface area contributed by atoms with Crippen LogP contribution in [0, 0.1) is 23.3 Å². The van der Waals surface area contributed by atoms with Gasteiger partial charge in [0.1, 0.15) is 41.1 Å². The summed E-state index contributed by atoms with van der Waals surface area (Å²) >= 11 is 0. The number of benzene rings is 3. The molecule has 0 aliphatic carbocycles. The lowest BCUT2D eigenvalue weighted by Crippen LogP contribution is -2.54. The number of carbonyl (C=O) groups excluding carboxylic acids is 3. The number of nitrogens with zero attached hydrogens (tertiary/aromatic N) is 7. The lowest BCUT2D eigenvalue weighted by molar-refractivity contribution is -0.141. The van der Waals surface area contributed by atoms with E-state index in [4.69, 9.17) is 24.2 Å². The Morgan fingerprint density at radius 3 is 1.66 bits per heavy atom. The van der Waals surface area contributed by atoms with Crippen molar-refractivity contribution in [1.82, 2.24) is 40.0 Å². The number of imidazole rings is 2. The molecule has 4 aliphatic rings. The first-order valence-corrected chi connectivity index (χ1v) is 24.9. The average Bonchev–Trinajstić information content (AvgIpc) is 4.24. The monoisotopic (exact) mass is 1020 g/mol. The number of rotatable bonds is 14. The third kappa shape index (κ3) is 9.70. The second-order valence-corrected chi connectivity index (χ2v) is 19.6. The number of fused-ring (bicyclic) bond motifs is 2. The number of alkyl carbamates (subject to hydrolysis) is 1. The molecule has 0 bridgehead atoms. The molecule has 392 valence electrons. The number of piperidine rings is 1.